The number of ether oxygens (including phenoxy) is 2. The Kier molecular flexibility index (Phi) is 5.95. The van der Waals surface area contributed by atoms with Crippen molar-refractivity contribution in [1.82, 2.24) is 15.0 Å². The highest BCUT2D eigenvalue weighted by atomic mass is 19.4. The van der Waals surface area contributed by atoms with E-state index >= 15 is 0 Å². The van der Waals surface area contributed by atoms with Crippen LogP contribution in [0.1, 0.15) is 11.1 Å². The van der Waals surface area contributed by atoms with E-state index in [0.29, 0.717) is 12.2 Å². The number of nitro groups is 1. The molecule has 0 spiro atoms. The molecule has 0 unspecified atom stereocenters. The molecule has 0 aliphatic carbocycles. The largest absolute Gasteiger partial charge is 0.472 e. The number of alkyl halides is 3. The smallest absolute Gasteiger partial charge is 0.416 e. The first kappa shape index (κ1) is 20.8. The maximum absolute atomic E-state index is 12.7. The van der Waals surface area contributed by atoms with Crippen molar-refractivity contribution < 1.29 is 27.6 Å². The van der Waals surface area contributed by atoms with Gasteiger partial charge in [-0.05, 0) is 23.8 Å². The van der Waals surface area contributed by atoms with Crippen molar-refractivity contribution in [3.05, 3.63) is 70.2 Å². The van der Waals surface area contributed by atoms with Gasteiger partial charge in [0.2, 0.25) is 11.7 Å². The van der Waals surface area contributed by atoms with Crippen molar-refractivity contribution in [3.63, 3.8) is 0 Å². The molecular weight excluding hydrogens is 407 g/mol. The van der Waals surface area contributed by atoms with Crippen LogP contribution in [-0.2, 0) is 12.6 Å². The lowest BCUT2D eigenvalue weighted by Gasteiger charge is -2.10. The Balaban J connectivity index is 1.60. The molecule has 0 amide bonds. The van der Waals surface area contributed by atoms with Crippen LogP contribution in [-0.4, -0.2) is 26.5 Å². The van der Waals surface area contributed by atoms with Crippen LogP contribution < -0.4 is 15.2 Å². The summed E-state index contributed by atoms with van der Waals surface area (Å²) >= 11 is 0. The van der Waals surface area contributed by atoms with Gasteiger partial charge in [-0.25, -0.2) is 9.97 Å². The normalized spacial score (nSPS) is 11.2. The van der Waals surface area contributed by atoms with Gasteiger partial charge in [-0.2, -0.15) is 18.2 Å². The number of hydrogen-bond donors (Lipinski definition) is 1. The van der Waals surface area contributed by atoms with E-state index in [2.05, 4.69) is 15.0 Å². The molecule has 2 heterocycles. The van der Waals surface area contributed by atoms with E-state index in [0.717, 1.165) is 30.2 Å². The SMILES string of the molecule is Nc1ncnc(OCCc2ccc(Oc3cc(C(F)(F)F)ccn3)cc2)c1[N+](=O)[O-]. The molecule has 3 rings (SSSR count). The second kappa shape index (κ2) is 8.59. The van der Waals surface area contributed by atoms with E-state index in [9.17, 15) is 23.3 Å². The molecule has 0 bridgehead atoms. The summed E-state index contributed by atoms with van der Waals surface area (Å²) in [6.07, 6.45) is -2.04. The summed E-state index contributed by atoms with van der Waals surface area (Å²) in [4.78, 5) is 21.3. The Morgan fingerprint density at radius 3 is 2.50 bits per heavy atom. The third-order valence-electron chi connectivity index (χ3n) is 3.84. The van der Waals surface area contributed by atoms with Crippen molar-refractivity contribution in [2.75, 3.05) is 12.3 Å². The first-order valence-electron chi connectivity index (χ1n) is 8.42. The highest BCUT2D eigenvalue weighted by Crippen LogP contribution is 2.32. The summed E-state index contributed by atoms with van der Waals surface area (Å²) in [6, 6.07) is 8.13. The monoisotopic (exact) mass is 421 g/mol. The van der Waals surface area contributed by atoms with Crippen LogP contribution in [0.2, 0.25) is 0 Å². The zero-order chi connectivity index (χ0) is 21.7. The molecule has 30 heavy (non-hydrogen) atoms. The van der Waals surface area contributed by atoms with Gasteiger partial charge >= 0.3 is 11.9 Å². The quantitative estimate of drug-likeness (QED) is 0.451. The summed E-state index contributed by atoms with van der Waals surface area (Å²) in [7, 11) is 0. The second-order valence-electron chi connectivity index (χ2n) is 5.89. The molecule has 156 valence electrons. The molecule has 2 N–H and O–H groups in total. The molecule has 1 aromatic carbocycles. The number of nitrogen functional groups attached to an aromatic ring is 1. The van der Waals surface area contributed by atoms with E-state index < -0.39 is 22.4 Å². The van der Waals surface area contributed by atoms with Gasteiger partial charge in [0.25, 0.3) is 5.88 Å². The zero-order valence-corrected chi connectivity index (χ0v) is 15.2. The highest BCUT2D eigenvalue weighted by Gasteiger charge is 2.31. The number of hydrogen-bond acceptors (Lipinski definition) is 8. The second-order valence-corrected chi connectivity index (χ2v) is 5.89. The molecule has 0 fully saturated rings. The minimum Gasteiger partial charge on any atom is -0.472 e. The van der Waals surface area contributed by atoms with Gasteiger partial charge in [0.15, 0.2) is 0 Å². The number of nitrogens with two attached hydrogens (primary N) is 1. The average Bonchev–Trinajstić information content (AvgIpc) is 2.69. The molecule has 0 atom stereocenters. The Labute approximate surface area is 167 Å². The summed E-state index contributed by atoms with van der Waals surface area (Å²) in [6.45, 7) is 0.0761. The van der Waals surface area contributed by atoms with Crippen molar-refractivity contribution in [2.24, 2.45) is 0 Å². The average molecular weight is 421 g/mol. The Morgan fingerprint density at radius 1 is 1.10 bits per heavy atom. The molecule has 0 saturated heterocycles. The summed E-state index contributed by atoms with van der Waals surface area (Å²) in [5.74, 6) is -0.418. The summed E-state index contributed by atoms with van der Waals surface area (Å²) in [5, 5.41) is 11.0. The lowest BCUT2D eigenvalue weighted by molar-refractivity contribution is -0.385. The third kappa shape index (κ3) is 5.10. The van der Waals surface area contributed by atoms with Crippen LogP contribution in [0.25, 0.3) is 0 Å². The van der Waals surface area contributed by atoms with Crippen molar-refractivity contribution >= 4 is 11.5 Å². The first-order valence-corrected chi connectivity index (χ1v) is 8.42. The van der Waals surface area contributed by atoms with Gasteiger partial charge < -0.3 is 15.2 Å². The van der Waals surface area contributed by atoms with Gasteiger partial charge in [0.05, 0.1) is 17.1 Å². The summed E-state index contributed by atoms with van der Waals surface area (Å²) < 4.78 is 48.9. The van der Waals surface area contributed by atoms with Gasteiger partial charge in [-0.3, -0.25) is 10.1 Å². The lowest BCUT2D eigenvalue weighted by atomic mass is 10.1. The van der Waals surface area contributed by atoms with Crippen LogP contribution in [0.3, 0.4) is 0 Å². The predicted molar refractivity (Wildman–Crippen MR) is 98.1 cm³/mol. The Bertz CT molecular complexity index is 1040. The minimum absolute atomic E-state index is 0.0761. The van der Waals surface area contributed by atoms with Gasteiger partial charge in [0.1, 0.15) is 12.1 Å². The first-order chi connectivity index (χ1) is 14.2. The van der Waals surface area contributed by atoms with Crippen LogP contribution in [0, 0.1) is 10.1 Å². The molecule has 0 radical (unpaired) electrons. The molecule has 9 nitrogen and oxygen atoms in total. The van der Waals surface area contributed by atoms with E-state index in [4.69, 9.17) is 15.2 Å². The number of pyridine rings is 1. The summed E-state index contributed by atoms with van der Waals surface area (Å²) in [5.41, 5.74) is 4.89. The predicted octanol–water partition coefficient (Wildman–Crippen LogP) is 3.79. The fourth-order valence-electron chi connectivity index (χ4n) is 2.40. The topological polar surface area (TPSA) is 126 Å². The highest BCUT2D eigenvalue weighted by molar-refractivity contribution is 5.57. The molecule has 2 aromatic heterocycles. The van der Waals surface area contributed by atoms with Crippen LogP contribution >= 0.6 is 0 Å². The third-order valence-corrected chi connectivity index (χ3v) is 3.84. The van der Waals surface area contributed by atoms with Crippen LogP contribution in [0.4, 0.5) is 24.7 Å². The van der Waals surface area contributed by atoms with Gasteiger partial charge in [0, 0.05) is 18.7 Å². The van der Waals surface area contributed by atoms with Crippen LogP contribution in [0.15, 0.2) is 48.9 Å². The van der Waals surface area contributed by atoms with Crippen molar-refractivity contribution in [2.45, 2.75) is 12.6 Å². The van der Waals surface area contributed by atoms with Crippen LogP contribution in [0.5, 0.6) is 17.5 Å². The molecular formula is C18H14F3N5O4. The number of rotatable bonds is 7. The van der Waals surface area contributed by atoms with Gasteiger partial charge in [-0.15, -0.1) is 0 Å². The molecule has 3 aromatic rings. The van der Waals surface area contributed by atoms with Crippen molar-refractivity contribution in [1.29, 1.82) is 0 Å². The minimum atomic E-state index is -4.49. The molecule has 12 heteroatoms. The number of nitrogens with zero attached hydrogens (tertiary/aromatic N) is 4. The number of aromatic nitrogens is 3. The van der Waals surface area contributed by atoms with Crippen molar-refractivity contribution in [3.8, 4) is 17.5 Å². The standard InChI is InChI=1S/C18H14F3N5O4/c19-18(20,21)12-5-7-23-14(9-12)30-13-3-1-11(2-4-13)6-8-29-17-15(26(27)28)16(22)24-10-25-17/h1-5,7,9-10H,6,8H2,(H2,22,24,25). The number of halogens is 3. The number of benzene rings is 1. The molecule has 0 aliphatic heterocycles. The molecule has 0 aliphatic rings. The maximum atomic E-state index is 12.7. The fourth-order valence-corrected chi connectivity index (χ4v) is 2.40. The Hall–Kier alpha value is -3.96. The number of anilines is 1. The lowest BCUT2D eigenvalue weighted by Crippen LogP contribution is -2.07. The van der Waals surface area contributed by atoms with E-state index in [1.54, 1.807) is 24.3 Å². The maximum Gasteiger partial charge on any atom is 0.416 e. The zero-order valence-electron chi connectivity index (χ0n) is 15.2. The van der Waals surface area contributed by atoms with E-state index in [-0.39, 0.29) is 24.2 Å². The van der Waals surface area contributed by atoms with E-state index in [1.165, 1.54) is 0 Å². The Morgan fingerprint density at radius 2 is 1.83 bits per heavy atom. The fraction of sp³-hybridized carbons (Fsp3) is 0.167. The molecule has 0 saturated carbocycles. The van der Waals surface area contributed by atoms with E-state index in [1.807, 2.05) is 0 Å². The van der Waals surface area contributed by atoms with Gasteiger partial charge in [-0.1, -0.05) is 12.1 Å².